The van der Waals surface area contributed by atoms with Gasteiger partial charge in [-0.2, -0.15) is 0 Å². The second kappa shape index (κ2) is 8.25. The summed E-state index contributed by atoms with van der Waals surface area (Å²) in [4.78, 5) is 33.9. The van der Waals surface area contributed by atoms with E-state index in [0.29, 0.717) is 5.56 Å². The fraction of sp³-hybridized carbons (Fsp3) is 0.500. The number of rotatable bonds is 7. The third-order valence-corrected chi connectivity index (χ3v) is 3.91. The maximum Gasteiger partial charge on any atom is 0.337 e. The van der Waals surface area contributed by atoms with Crippen LogP contribution in [-0.4, -0.2) is 39.4 Å². The summed E-state index contributed by atoms with van der Waals surface area (Å²) >= 11 is 1.44. The summed E-state index contributed by atoms with van der Waals surface area (Å²) in [5, 5.41) is 11.3. The quantitative estimate of drug-likeness (QED) is 0.321. The van der Waals surface area contributed by atoms with Gasteiger partial charge in [-0.1, -0.05) is 11.9 Å². The van der Waals surface area contributed by atoms with Crippen molar-refractivity contribution < 1.29 is 19.2 Å². The maximum absolute atomic E-state index is 11.7. The van der Waals surface area contributed by atoms with E-state index in [1.165, 1.54) is 44.2 Å². The van der Waals surface area contributed by atoms with E-state index in [9.17, 15) is 19.7 Å². The van der Waals surface area contributed by atoms with E-state index in [4.69, 9.17) is 0 Å². The van der Waals surface area contributed by atoms with Crippen LogP contribution in [0.4, 0.5) is 5.69 Å². The van der Waals surface area contributed by atoms with Crippen LogP contribution in [0.15, 0.2) is 18.2 Å². The number of hydrogen-bond acceptors (Lipinski definition) is 7. The van der Waals surface area contributed by atoms with Crippen molar-refractivity contribution in [2.75, 3.05) is 13.7 Å². The van der Waals surface area contributed by atoms with E-state index in [1.54, 1.807) is 4.31 Å². The van der Waals surface area contributed by atoms with E-state index < -0.39 is 10.9 Å². The van der Waals surface area contributed by atoms with E-state index in [1.807, 2.05) is 20.8 Å². The zero-order valence-electron chi connectivity index (χ0n) is 14.5. The second-order valence-electron chi connectivity index (χ2n) is 6.30. The summed E-state index contributed by atoms with van der Waals surface area (Å²) < 4.78 is 6.27. The molecular formula is C16H22N2O5S. The highest BCUT2D eigenvalue weighted by atomic mass is 32.2. The summed E-state index contributed by atoms with van der Waals surface area (Å²) in [6.07, 6.45) is 0. The van der Waals surface area contributed by atoms with Crippen LogP contribution >= 0.6 is 11.9 Å². The van der Waals surface area contributed by atoms with Crippen LogP contribution in [0, 0.1) is 10.1 Å². The van der Waals surface area contributed by atoms with Gasteiger partial charge in [0.05, 0.1) is 24.1 Å². The molecule has 0 saturated carbocycles. The predicted octanol–water partition coefficient (Wildman–Crippen LogP) is 3.22. The number of esters is 1. The first kappa shape index (κ1) is 20.1. The van der Waals surface area contributed by atoms with Crippen LogP contribution in [-0.2, 0) is 16.1 Å². The van der Waals surface area contributed by atoms with Crippen LogP contribution in [0.3, 0.4) is 0 Å². The minimum atomic E-state index is -0.562. The number of carbonyl (C=O) groups is 2. The minimum absolute atomic E-state index is 0.0430. The van der Waals surface area contributed by atoms with Gasteiger partial charge in [-0.3, -0.25) is 14.9 Å². The Bertz CT molecular complexity index is 640. The van der Waals surface area contributed by atoms with Crippen molar-refractivity contribution >= 4 is 29.4 Å². The Hall–Kier alpha value is -1.93. The second-order valence-corrected chi connectivity index (χ2v) is 8.22. The van der Waals surface area contributed by atoms with E-state index in [-0.39, 0.29) is 34.9 Å². The van der Waals surface area contributed by atoms with Gasteiger partial charge in [0.1, 0.15) is 5.78 Å². The van der Waals surface area contributed by atoms with Crippen molar-refractivity contribution in [3.05, 3.63) is 39.4 Å². The van der Waals surface area contributed by atoms with Gasteiger partial charge in [0.15, 0.2) is 0 Å². The van der Waals surface area contributed by atoms with Crippen LogP contribution < -0.4 is 0 Å². The average molecular weight is 354 g/mol. The number of benzene rings is 1. The number of methoxy groups -OCH3 is 1. The fourth-order valence-electron chi connectivity index (χ4n) is 2.08. The molecule has 0 aliphatic rings. The molecule has 0 aliphatic heterocycles. The van der Waals surface area contributed by atoms with E-state index in [0.717, 1.165) is 0 Å². The molecule has 0 radical (unpaired) electrons. The molecule has 0 heterocycles. The van der Waals surface area contributed by atoms with Crippen molar-refractivity contribution in [2.45, 2.75) is 39.0 Å². The van der Waals surface area contributed by atoms with Gasteiger partial charge in [0.25, 0.3) is 5.69 Å². The lowest BCUT2D eigenvalue weighted by molar-refractivity contribution is -0.385. The number of nitro groups is 1. The molecule has 0 N–H and O–H groups in total. The molecular weight excluding hydrogens is 332 g/mol. The van der Waals surface area contributed by atoms with Gasteiger partial charge >= 0.3 is 5.97 Å². The molecule has 0 atom stereocenters. The number of ether oxygens (including phenoxy) is 1. The van der Waals surface area contributed by atoms with Gasteiger partial charge in [0.2, 0.25) is 0 Å². The Balaban J connectivity index is 3.20. The molecule has 0 saturated heterocycles. The molecule has 0 aliphatic carbocycles. The first-order chi connectivity index (χ1) is 11.0. The number of Topliss-reactive ketones (excluding diaryl/α,β-unsaturated/α-hetero) is 1. The van der Waals surface area contributed by atoms with Gasteiger partial charge in [0, 0.05) is 22.9 Å². The molecule has 1 rings (SSSR count). The Morgan fingerprint density at radius 1 is 1.33 bits per heavy atom. The normalized spacial score (nSPS) is 11.4. The van der Waals surface area contributed by atoms with Gasteiger partial charge in [-0.25, -0.2) is 9.10 Å². The van der Waals surface area contributed by atoms with Crippen molar-refractivity contribution in [2.24, 2.45) is 0 Å². The summed E-state index contributed by atoms with van der Waals surface area (Å²) in [5.41, 5.74) is 0.508. The fourth-order valence-corrected chi connectivity index (χ4v) is 3.31. The SMILES string of the molecule is COC(=O)c1ccc([N+](=O)[O-])c(CN(CC(C)=O)SC(C)(C)C)c1. The number of carbonyl (C=O) groups excluding carboxylic acids is 2. The number of ketones is 1. The molecule has 0 spiro atoms. The highest BCUT2D eigenvalue weighted by Gasteiger charge is 2.23. The lowest BCUT2D eigenvalue weighted by Gasteiger charge is -2.28. The third kappa shape index (κ3) is 6.29. The summed E-state index contributed by atoms with van der Waals surface area (Å²) in [5.74, 6) is -0.605. The Labute approximate surface area is 145 Å². The Morgan fingerprint density at radius 2 is 1.96 bits per heavy atom. The number of nitrogens with zero attached hydrogens (tertiary/aromatic N) is 2. The van der Waals surface area contributed by atoms with E-state index >= 15 is 0 Å². The molecule has 0 bridgehead atoms. The topological polar surface area (TPSA) is 89.8 Å². The molecule has 1 aromatic carbocycles. The van der Waals surface area contributed by atoms with Crippen molar-refractivity contribution in [1.29, 1.82) is 0 Å². The number of hydrogen-bond donors (Lipinski definition) is 0. The zero-order chi connectivity index (χ0) is 18.5. The Morgan fingerprint density at radius 3 is 2.42 bits per heavy atom. The van der Waals surface area contributed by atoms with E-state index in [2.05, 4.69) is 4.74 Å². The highest BCUT2D eigenvalue weighted by Crippen LogP contribution is 2.31. The van der Waals surface area contributed by atoms with Crippen LogP contribution in [0.2, 0.25) is 0 Å². The summed E-state index contributed by atoms with van der Waals surface area (Å²) in [6, 6.07) is 4.09. The first-order valence-electron chi connectivity index (χ1n) is 7.32. The summed E-state index contributed by atoms with van der Waals surface area (Å²) in [6.45, 7) is 7.76. The molecule has 7 nitrogen and oxygen atoms in total. The Kier molecular flexibility index (Phi) is 6.92. The minimum Gasteiger partial charge on any atom is -0.465 e. The zero-order valence-corrected chi connectivity index (χ0v) is 15.3. The largest absolute Gasteiger partial charge is 0.465 e. The third-order valence-electron chi connectivity index (χ3n) is 2.85. The molecule has 0 amide bonds. The molecule has 0 aromatic heterocycles. The molecule has 132 valence electrons. The van der Waals surface area contributed by atoms with Gasteiger partial charge in [-0.05, 0) is 39.8 Å². The molecule has 24 heavy (non-hydrogen) atoms. The van der Waals surface area contributed by atoms with Crippen molar-refractivity contribution in [3.63, 3.8) is 0 Å². The molecule has 0 fully saturated rings. The van der Waals surface area contributed by atoms with Gasteiger partial charge < -0.3 is 4.74 Å². The maximum atomic E-state index is 11.7. The van der Waals surface area contributed by atoms with Gasteiger partial charge in [-0.15, -0.1) is 0 Å². The lowest BCUT2D eigenvalue weighted by Crippen LogP contribution is -2.27. The first-order valence-corrected chi connectivity index (χ1v) is 8.10. The van der Waals surface area contributed by atoms with Crippen LogP contribution in [0.25, 0.3) is 0 Å². The number of nitro benzene ring substituents is 1. The standard InChI is InChI=1S/C16H22N2O5S/c1-11(19)9-17(24-16(2,3)4)10-13-8-12(15(20)23-5)6-7-14(13)18(21)22/h6-8H,9-10H2,1-5H3. The van der Waals surface area contributed by atoms with Crippen molar-refractivity contribution in [3.8, 4) is 0 Å². The average Bonchev–Trinajstić information content (AvgIpc) is 2.43. The molecule has 8 heteroatoms. The highest BCUT2D eigenvalue weighted by molar-refractivity contribution is 7.98. The lowest BCUT2D eigenvalue weighted by atomic mass is 10.1. The molecule has 0 unspecified atom stereocenters. The van der Waals surface area contributed by atoms with Crippen molar-refractivity contribution in [1.82, 2.24) is 4.31 Å². The smallest absolute Gasteiger partial charge is 0.337 e. The predicted molar refractivity (Wildman–Crippen MR) is 92.9 cm³/mol. The molecule has 1 aromatic rings. The summed E-state index contributed by atoms with van der Waals surface area (Å²) in [7, 11) is 1.25. The van der Waals surface area contributed by atoms with Crippen LogP contribution in [0.5, 0.6) is 0 Å². The monoisotopic (exact) mass is 354 g/mol. The van der Waals surface area contributed by atoms with Crippen LogP contribution in [0.1, 0.15) is 43.6 Å².